The molecule has 4 nitrogen and oxygen atoms in total. The summed E-state index contributed by atoms with van der Waals surface area (Å²) in [5.74, 6) is 0.0107. The van der Waals surface area contributed by atoms with Crippen molar-refractivity contribution in [2.45, 2.75) is 13.3 Å². The largest absolute Gasteiger partial charge is 0.359 e. The molecule has 19 heavy (non-hydrogen) atoms. The summed E-state index contributed by atoms with van der Waals surface area (Å²) in [6.07, 6.45) is 0.711. The van der Waals surface area contributed by atoms with E-state index < -0.39 is 5.41 Å². The summed E-state index contributed by atoms with van der Waals surface area (Å²) in [5, 5.41) is 2.68. The Morgan fingerprint density at radius 1 is 1.42 bits per heavy atom. The van der Waals surface area contributed by atoms with Gasteiger partial charge in [0.25, 0.3) is 5.91 Å². The molecule has 1 aliphatic heterocycles. The SMILES string of the molecule is CNC(=O)C1(C)CCN(C(=O)c2cccc(I)c2)C1. The maximum atomic E-state index is 12.4. The predicted octanol–water partition coefficient (Wildman–Crippen LogP) is 1.89. The van der Waals surface area contributed by atoms with Gasteiger partial charge in [-0.15, -0.1) is 0 Å². The van der Waals surface area contributed by atoms with Gasteiger partial charge in [0, 0.05) is 29.3 Å². The van der Waals surface area contributed by atoms with Gasteiger partial charge in [-0.3, -0.25) is 9.59 Å². The van der Waals surface area contributed by atoms with Crippen molar-refractivity contribution in [1.82, 2.24) is 10.2 Å². The molecular weight excluding hydrogens is 355 g/mol. The number of rotatable bonds is 2. The Kier molecular flexibility index (Phi) is 4.13. The lowest BCUT2D eigenvalue weighted by atomic mass is 9.89. The van der Waals surface area contributed by atoms with E-state index in [0.717, 1.165) is 3.57 Å². The monoisotopic (exact) mass is 372 g/mol. The van der Waals surface area contributed by atoms with Gasteiger partial charge in [-0.25, -0.2) is 0 Å². The van der Waals surface area contributed by atoms with E-state index in [0.29, 0.717) is 25.1 Å². The van der Waals surface area contributed by atoms with E-state index in [1.165, 1.54) is 0 Å². The van der Waals surface area contributed by atoms with Crippen molar-refractivity contribution >= 4 is 34.4 Å². The summed E-state index contributed by atoms with van der Waals surface area (Å²) in [5.41, 5.74) is 0.222. The molecule has 2 rings (SSSR count). The summed E-state index contributed by atoms with van der Waals surface area (Å²) in [7, 11) is 1.64. The number of benzene rings is 1. The second kappa shape index (κ2) is 5.48. The van der Waals surface area contributed by atoms with Gasteiger partial charge in [-0.1, -0.05) is 6.07 Å². The van der Waals surface area contributed by atoms with Crippen LogP contribution in [0.15, 0.2) is 24.3 Å². The van der Waals surface area contributed by atoms with Crippen LogP contribution in [0, 0.1) is 8.99 Å². The Hall–Kier alpha value is -1.11. The average molecular weight is 372 g/mol. The van der Waals surface area contributed by atoms with Crippen LogP contribution in [-0.2, 0) is 4.79 Å². The molecule has 0 spiro atoms. The molecule has 1 atom stereocenters. The molecule has 0 radical (unpaired) electrons. The van der Waals surface area contributed by atoms with Crippen molar-refractivity contribution in [2.24, 2.45) is 5.41 Å². The number of likely N-dealkylation sites (tertiary alicyclic amines) is 1. The van der Waals surface area contributed by atoms with Crippen molar-refractivity contribution in [1.29, 1.82) is 0 Å². The topological polar surface area (TPSA) is 49.4 Å². The van der Waals surface area contributed by atoms with Gasteiger partial charge in [-0.2, -0.15) is 0 Å². The average Bonchev–Trinajstić information content (AvgIpc) is 2.81. The normalized spacial score (nSPS) is 22.4. The van der Waals surface area contributed by atoms with E-state index in [1.54, 1.807) is 11.9 Å². The number of carbonyl (C=O) groups excluding carboxylic acids is 2. The standard InChI is InChI=1S/C14H17IN2O2/c1-14(13(19)16-2)6-7-17(9-14)12(18)10-4-3-5-11(15)8-10/h3-5,8H,6-7,9H2,1-2H3,(H,16,19). The minimum Gasteiger partial charge on any atom is -0.359 e. The lowest BCUT2D eigenvalue weighted by molar-refractivity contribution is -0.128. The Morgan fingerprint density at radius 3 is 2.79 bits per heavy atom. The number of nitrogens with one attached hydrogen (secondary N) is 1. The van der Waals surface area contributed by atoms with Crippen molar-refractivity contribution in [3.05, 3.63) is 33.4 Å². The number of hydrogen-bond donors (Lipinski definition) is 1. The first-order valence-electron chi connectivity index (χ1n) is 6.23. The first-order valence-corrected chi connectivity index (χ1v) is 7.31. The highest BCUT2D eigenvalue weighted by molar-refractivity contribution is 14.1. The van der Waals surface area contributed by atoms with E-state index in [9.17, 15) is 9.59 Å². The molecule has 1 N–H and O–H groups in total. The molecular formula is C14H17IN2O2. The molecule has 0 aliphatic carbocycles. The summed E-state index contributed by atoms with van der Waals surface area (Å²) in [6, 6.07) is 7.53. The zero-order chi connectivity index (χ0) is 14.0. The van der Waals surface area contributed by atoms with Crippen LogP contribution in [0.25, 0.3) is 0 Å². The minimum atomic E-state index is -0.466. The highest BCUT2D eigenvalue weighted by Crippen LogP contribution is 2.31. The fourth-order valence-electron chi connectivity index (χ4n) is 2.43. The zero-order valence-corrected chi connectivity index (χ0v) is 13.2. The van der Waals surface area contributed by atoms with E-state index in [2.05, 4.69) is 27.9 Å². The smallest absolute Gasteiger partial charge is 0.253 e. The maximum absolute atomic E-state index is 12.4. The Balaban J connectivity index is 2.13. The van der Waals surface area contributed by atoms with Crippen LogP contribution < -0.4 is 5.32 Å². The van der Waals surface area contributed by atoms with Gasteiger partial charge in [0.1, 0.15) is 0 Å². The minimum absolute atomic E-state index is 0.00504. The lowest BCUT2D eigenvalue weighted by Gasteiger charge is -2.22. The van der Waals surface area contributed by atoms with Crippen molar-refractivity contribution in [3.63, 3.8) is 0 Å². The molecule has 1 unspecified atom stereocenters. The molecule has 1 heterocycles. The molecule has 1 saturated heterocycles. The molecule has 1 aromatic carbocycles. The molecule has 2 amide bonds. The van der Waals surface area contributed by atoms with Gasteiger partial charge in [0.2, 0.25) is 5.91 Å². The fraction of sp³-hybridized carbons (Fsp3) is 0.429. The van der Waals surface area contributed by atoms with Crippen LogP contribution in [0.3, 0.4) is 0 Å². The third-order valence-electron chi connectivity index (χ3n) is 3.61. The van der Waals surface area contributed by atoms with Crippen LogP contribution >= 0.6 is 22.6 Å². The Morgan fingerprint density at radius 2 is 2.16 bits per heavy atom. The molecule has 0 aromatic heterocycles. The third-order valence-corrected chi connectivity index (χ3v) is 4.28. The number of amides is 2. The summed E-state index contributed by atoms with van der Waals surface area (Å²) < 4.78 is 1.04. The van der Waals surface area contributed by atoms with Crippen molar-refractivity contribution in [2.75, 3.05) is 20.1 Å². The van der Waals surface area contributed by atoms with E-state index in [4.69, 9.17) is 0 Å². The summed E-state index contributed by atoms with van der Waals surface area (Å²) >= 11 is 2.19. The Bertz CT molecular complexity index is 518. The third kappa shape index (κ3) is 2.91. The predicted molar refractivity (Wildman–Crippen MR) is 81.9 cm³/mol. The molecule has 1 fully saturated rings. The first kappa shape index (κ1) is 14.3. The zero-order valence-electron chi connectivity index (χ0n) is 11.1. The van der Waals surface area contributed by atoms with Gasteiger partial charge >= 0.3 is 0 Å². The number of hydrogen-bond acceptors (Lipinski definition) is 2. The van der Waals surface area contributed by atoms with Crippen molar-refractivity contribution in [3.8, 4) is 0 Å². The van der Waals surface area contributed by atoms with E-state index in [1.807, 2.05) is 31.2 Å². The highest BCUT2D eigenvalue weighted by Gasteiger charge is 2.41. The number of halogens is 1. The van der Waals surface area contributed by atoms with E-state index in [-0.39, 0.29) is 11.8 Å². The van der Waals surface area contributed by atoms with Crippen LogP contribution in [-0.4, -0.2) is 36.9 Å². The van der Waals surface area contributed by atoms with Gasteiger partial charge in [0.05, 0.1) is 5.41 Å². The van der Waals surface area contributed by atoms with Crippen LogP contribution in [0.1, 0.15) is 23.7 Å². The van der Waals surface area contributed by atoms with Gasteiger partial charge < -0.3 is 10.2 Å². The summed E-state index contributed by atoms with van der Waals surface area (Å²) in [6.45, 7) is 3.03. The molecule has 102 valence electrons. The van der Waals surface area contributed by atoms with Gasteiger partial charge in [-0.05, 0) is 54.1 Å². The number of carbonyl (C=O) groups is 2. The molecule has 0 saturated carbocycles. The summed E-state index contributed by atoms with van der Waals surface area (Å²) in [4.78, 5) is 26.0. The molecule has 1 aromatic rings. The molecule has 1 aliphatic rings. The van der Waals surface area contributed by atoms with Gasteiger partial charge in [0.15, 0.2) is 0 Å². The quantitative estimate of drug-likeness (QED) is 0.807. The van der Waals surface area contributed by atoms with Crippen molar-refractivity contribution < 1.29 is 9.59 Å². The van der Waals surface area contributed by atoms with Crippen LogP contribution in [0.4, 0.5) is 0 Å². The second-order valence-electron chi connectivity index (χ2n) is 5.13. The molecule has 5 heteroatoms. The van der Waals surface area contributed by atoms with Crippen LogP contribution in [0.2, 0.25) is 0 Å². The molecule has 0 bridgehead atoms. The van der Waals surface area contributed by atoms with E-state index >= 15 is 0 Å². The van der Waals surface area contributed by atoms with Crippen LogP contribution in [0.5, 0.6) is 0 Å². The lowest BCUT2D eigenvalue weighted by Crippen LogP contribution is -2.40. The maximum Gasteiger partial charge on any atom is 0.253 e. The highest BCUT2D eigenvalue weighted by atomic mass is 127. The first-order chi connectivity index (χ1) is 8.96. The fourth-order valence-corrected chi connectivity index (χ4v) is 2.97. The Labute approximate surface area is 126 Å². The number of nitrogens with zero attached hydrogens (tertiary/aromatic N) is 1. The second-order valence-corrected chi connectivity index (χ2v) is 6.37.